The van der Waals surface area contributed by atoms with Gasteiger partial charge in [0.15, 0.2) is 0 Å². The van der Waals surface area contributed by atoms with Crippen molar-refractivity contribution in [3.63, 3.8) is 0 Å². The topological polar surface area (TPSA) is 57.0 Å². The molecular formula is C18H24N2OS. The first-order chi connectivity index (χ1) is 10.7. The van der Waals surface area contributed by atoms with Crippen molar-refractivity contribution in [2.24, 2.45) is 0 Å². The van der Waals surface area contributed by atoms with Crippen LogP contribution in [0.5, 0.6) is 0 Å². The predicted molar refractivity (Wildman–Crippen MR) is 95.0 cm³/mol. The Labute approximate surface area is 137 Å². The first-order valence-electron chi connectivity index (χ1n) is 7.60. The van der Waals surface area contributed by atoms with Gasteiger partial charge in [-0.2, -0.15) is 0 Å². The highest BCUT2D eigenvalue weighted by molar-refractivity contribution is 7.93. The highest BCUT2D eigenvalue weighted by Crippen LogP contribution is 2.17. The summed E-state index contributed by atoms with van der Waals surface area (Å²) in [7, 11) is 0. The molecule has 1 aromatic heterocycles. The number of pyridine rings is 1. The highest BCUT2D eigenvalue weighted by atomic mass is 32.2. The molecule has 118 valence electrons. The van der Waals surface area contributed by atoms with Crippen LogP contribution in [0.25, 0.3) is 0 Å². The Morgan fingerprint density at radius 1 is 1.09 bits per heavy atom. The van der Waals surface area contributed by atoms with Crippen molar-refractivity contribution in [1.82, 2.24) is 4.98 Å². The molecule has 2 N–H and O–H groups in total. The summed E-state index contributed by atoms with van der Waals surface area (Å²) in [4.78, 5) is 5.12. The van der Waals surface area contributed by atoms with E-state index in [1.165, 1.54) is 5.56 Å². The Morgan fingerprint density at radius 3 is 2.36 bits per heavy atom. The maximum atomic E-state index is 8.55. The summed E-state index contributed by atoms with van der Waals surface area (Å²) in [6, 6.07) is 11.6. The molecule has 0 amide bonds. The lowest BCUT2D eigenvalue weighted by Gasteiger charge is -2.14. The fourth-order valence-corrected chi connectivity index (χ4v) is 2.34. The monoisotopic (exact) mass is 316 g/mol. The Morgan fingerprint density at radius 2 is 1.77 bits per heavy atom. The van der Waals surface area contributed by atoms with Crippen LogP contribution in [-0.2, 0) is 6.42 Å². The zero-order valence-electron chi connectivity index (χ0n) is 13.5. The van der Waals surface area contributed by atoms with Gasteiger partial charge in [0.2, 0.25) is 0 Å². The minimum atomic E-state index is 0.749. The molecule has 0 aliphatic heterocycles. The zero-order chi connectivity index (χ0) is 16.4. The molecule has 22 heavy (non-hydrogen) atoms. The van der Waals surface area contributed by atoms with Crippen LogP contribution >= 0.6 is 12.0 Å². The van der Waals surface area contributed by atoms with Crippen LogP contribution in [0.4, 0.5) is 0 Å². The van der Waals surface area contributed by atoms with E-state index in [4.69, 9.17) is 9.96 Å². The van der Waals surface area contributed by atoms with E-state index in [0.29, 0.717) is 0 Å². The van der Waals surface area contributed by atoms with Gasteiger partial charge in [-0.25, -0.2) is 0 Å². The van der Waals surface area contributed by atoms with Crippen molar-refractivity contribution in [3.8, 4) is 0 Å². The maximum absolute atomic E-state index is 8.55. The molecule has 0 fully saturated rings. The molecule has 0 spiro atoms. The highest BCUT2D eigenvalue weighted by Gasteiger charge is 2.13. The number of rotatable bonds is 1. The molecule has 0 saturated carbocycles. The van der Waals surface area contributed by atoms with Gasteiger partial charge in [0.05, 0.1) is 0 Å². The third kappa shape index (κ3) is 5.62. The van der Waals surface area contributed by atoms with Gasteiger partial charge in [0.25, 0.3) is 0 Å². The van der Waals surface area contributed by atoms with Crippen LogP contribution in [0.15, 0.2) is 47.5 Å². The third-order valence-corrected chi connectivity index (χ3v) is 3.67. The second-order valence-electron chi connectivity index (χ2n) is 4.73. The first-order valence-corrected chi connectivity index (χ1v) is 8.38. The van der Waals surface area contributed by atoms with E-state index in [-0.39, 0.29) is 0 Å². The van der Waals surface area contributed by atoms with Gasteiger partial charge >= 0.3 is 0 Å². The van der Waals surface area contributed by atoms with E-state index in [1.54, 1.807) is 6.20 Å². The lowest BCUT2D eigenvalue weighted by Crippen LogP contribution is -2.11. The molecule has 4 heteroatoms. The molecule has 1 aromatic carbocycles. The Bertz CT molecular complexity index is 582. The predicted octanol–water partition coefficient (Wildman–Crippen LogP) is 5.37. The number of aromatic nitrogens is 1. The maximum Gasteiger partial charge on any atom is 0.0494 e. The number of nitrogens with zero attached hydrogens (tertiary/aromatic N) is 1. The summed E-state index contributed by atoms with van der Waals surface area (Å²) in [6.45, 7) is 6.02. The van der Waals surface area contributed by atoms with Gasteiger partial charge in [0.1, 0.15) is 0 Å². The Hall–Kier alpha value is -1.65. The third-order valence-electron chi connectivity index (χ3n) is 3.18. The van der Waals surface area contributed by atoms with Crippen LogP contribution in [0.1, 0.15) is 43.5 Å². The van der Waals surface area contributed by atoms with Crippen molar-refractivity contribution in [2.75, 3.05) is 0 Å². The van der Waals surface area contributed by atoms with Crippen molar-refractivity contribution >= 4 is 17.8 Å². The van der Waals surface area contributed by atoms with Gasteiger partial charge in [0, 0.05) is 40.1 Å². The lowest BCUT2D eigenvalue weighted by atomic mass is 9.94. The van der Waals surface area contributed by atoms with Gasteiger partial charge in [-0.1, -0.05) is 31.5 Å². The second-order valence-corrected chi connectivity index (χ2v) is 5.39. The van der Waals surface area contributed by atoms with E-state index in [9.17, 15) is 0 Å². The van der Waals surface area contributed by atoms with E-state index in [2.05, 4.69) is 4.98 Å². The average Bonchev–Trinajstić information content (AvgIpc) is 2.59. The summed E-state index contributed by atoms with van der Waals surface area (Å²) in [6.07, 6.45) is 4.84. The summed E-state index contributed by atoms with van der Waals surface area (Å²) in [5.41, 5.74) is 4.12. The standard InChI is InChI=1S/C9H10N2.C7H8OS.C2H6/c10-8-4-1-5-9-7(8)3-2-6-11-9;1-6-2-4-7(9-8)5-3-6;1-2/h2-3,6,10H,1,4-5H2;2-5,8H,1H3;1-2H3. The van der Waals surface area contributed by atoms with Gasteiger partial charge in [-0.05, 0) is 50.5 Å². The number of hydrogen-bond donors (Lipinski definition) is 2. The molecule has 1 aliphatic rings. The number of hydrogen-bond acceptors (Lipinski definition) is 4. The summed E-state index contributed by atoms with van der Waals surface area (Å²) in [5.74, 6) is 0. The van der Waals surface area contributed by atoms with Crippen LogP contribution < -0.4 is 0 Å². The minimum absolute atomic E-state index is 0.749. The van der Waals surface area contributed by atoms with Crippen molar-refractivity contribution in [2.45, 2.75) is 44.9 Å². The fraction of sp³-hybridized carbons (Fsp3) is 0.333. The molecule has 1 aliphatic carbocycles. The normalized spacial score (nSPS) is 12.3. The molecule has 2 aromatic rings. The van der Waals surface area contributed by atoms with Crippen molar-refractivity contribution in [3.05, 3.63) is 59.4 Å². The summed E-state index contributed by atoms with van der Waals surface area (Å²) in [5, 5.41) is 7.63. The van der Waals surface area contributed by atoms with E-state index < -0.39 is 0 Å². The second kappa shape index (κ2) is 10.1. The molecule has 0 atom stereocenters. The zero-order valence-corrected chi connectivity index (χ0v) is 14.3. The smallest absolute Gasteiger partial charge is 0.0494 e. The SMILES string of the molecule is CC.Cc1ccc(SO)cc1.N=C1CCCc2ncccc21. The number of nitrogens with one attached hydrogen (secondary N) is 1. The molecule has 3 nitrogen and oxygen atoms in total. The minimum Gasteiger partial charge on any atom is -0.325 e. The number of fused-ring (bicyclic) bond motifs is 1. The van der Waals surface area contributed by atoms with Crippen LogP contribution in [-0.4, -0.2) is 15.2 Å². The lowest BCUT2D eigenvalue weighted by molar-refractivity contribution is 0.664. The Balaban J connectivity index is 0.000000202. The van der Waals surface area contributed by atoms with Crippen molar-refractivity contribution < 1.29 is 4.55 Å². The molecule has 0 bridgehead atoms. The van der Waals surface area contributed by atoms with Gasteiger partial charge in [-0.15, -0.1) is 0 Å². The van der Waals surface area contributed by atoms with E-state index in [1.807, 2.05) is 57.2 Å². The molecule has 0 radical (unpaired) electrons. The van der Waals surface area contributed by atoms with Crippen LogP contribution in [0.2, 0.25) is 0 Å². The molecule has 0 unspecified atom stereocenters. The van der Waals surface area contributed by atoms with E-state index in [0.717, 1.165) is 53.2 Å². The van der Waals surface area contributed by atoms with Crippen molar-refractivity contribution in [1.29, 1.82) is 5.41 Å². The molecular weight excluding hydrogens is 292 g/mol. The largest absolute Gasteiger partial charge is 0.325 e. The fourth-order valence-electron chi connectivity index (χ4n) is 2.08. The summed E-state index contributed by atoms with van der Waals surface area (Å²) < 4.78 is 8.55. The number of aryl methyl sites for hydroxylation is 2. The molecule has 3 rings (SSSR count). The summed E-state index contributed by atoms with van der Waals surface area (Å²) >= 11 is 0.777. The molecule has 0 saturated heterocycles. The van der Waals surface area contributed by atoms with Crippen LogP contribution in [0, 0.1) is 12.3 Å². The Kier molecular flexibility index (Phi) is 8.48. The van der Waals surface area contributed by atoms with E-state index >= 15 is 0 Å². The van der Waals surface area contributed by atoms with Gasteiger partial charge < -0.3 is 9.96 Å². The quantitative estimate of drug-likeness (QED) is 0.695. The molecule has 1 heterocycles. The first kappa shape index (κ1) is 18.4. The van der Waals surface area contributed by atoms with Crippen LogP contribution in [0.3, 0.4) is 0 Å². The van der Waals surface area contributed by atoms with Gasteiger partial charge in [-0.3, -0.25) is 4.98 Å². The average molecular weight is 316 g/mol. The number of benzene rings is 1.